The third-order valence-corrected chi connectivity index (χ3v) is 11.9. The second-order valence-corrected chi connectivity index (χ2v) is 17.0. The molecule has 3 aliphatic rings. The summed E-state index contributed by atoms with van der Waals surface area (Å²) in [6.07, 6.45) is 0.724. The number of hydrogen-bond donors (Lipinski definition) is 14. The monoisotopic (exact) mass is 1050 g/mol. The van der Waals surface area contributed by atoms with Gasteiger partial charge in [0.2, 0.25) is 0 Å². The van der Waals surface area contributed by atoms with Crippen LogP contribution in [0.5, 0.6) is 46.0 Å². The van der Waals surface area contributed by atoms with E-state index in [0.717, 1.165) is 24.3 Å². The van der Waals surface area contributed by atoms with Crippen LogP contribution in [0.15, 0.2) is 48.5 Å². The minimum Gasteiger partial charge on any atom is -0.504 e. The number of phenols is 8. The highest BCUT2D eigenvalue weighted by Crippen LogP contribution is 2.36. The van der Waals surface area contributed by atoms with Crippen molar-refractivity contribution < 1.29 is 83.9 Å². The van der Waals surface area contributed by atoms with Crippen LogP contribution in [0.4, 0.5) is 0 Å². The quantitative estimate of drug-likeness (QED) is 0.0776. The van der Waals surface area contributed by atoms with Crippen LogP contribution in [0.25, 0.3) is 0 Å². The smallest absolute Gasteiger partial charge is 0.257 e. The summed E-state index contributed by atoms with van der Waals surface area (Å²) < 4.78 is 9.86. The van der Waals surface area contributed by atoms with E-state index in [1.54, 1.807) is 0 Å². The van der Waals surface area contributed by atoms with Gasteiger partial charge in [-0.1, -0.05) is 6.07 Å². The molecule has 4 aromatic carbocycles. The SMILES string of the molecule is COCCNC(=O)c1ccc(C(=O)N2CCCCN(C(=O)c3ccc(C(=O)NCCOC)c(O)c3O)CCCNC(=O)c3ccc(c(O)c3O)C(=O)NCCNC(=O)c3ccc(c(O)c3O)CNCCC2)c(O)c1O. The van der Waals surface area contributed by atoms with Crippen LogP contribution in [-0.4, -0.2) is 185 Å². The van der Waals surface area contributed by atoms with Crippen LogP contribution < -0.4 is 31.9 Å². The molecule has 4 aromatic rings. The molecule has 3 heterocycles. The third kappa shape index (κ3) is 14.6. The molecule has 25 nitrogen and oxygen atoms in total. The Morgan fingerprint density at radius 2 is 0.827 bits per heavy atom. The van der Waals surface area contributed by atoms with Crippen LogP contribution in [0.2, 0.25) is 0 Å². The molecular formula is C50H62N8O17. The van der Waals surface area contributed by atoms with Crippen LogP contribution >= 0.6 is 0 Å². The first-order valence-electron chi connectivity index (χ1n) is 23.8. The van der Waals surface area contributed by atoms with E-state index in [-0.39, 0.29) is 144 Å². The number of nitrogens with zero attached hydrogens (tertiary/aromatic N) is 2. The summed E-state index contributed by atoms with van der Waals surface area (Å²) in [6.45, 7) is 0.185. The van der Waals surface area contributed by atoms with E-state index < -0.39 is 98.5 Å². The highest BCUT2D eigenvalue weighted by Gasteiger charge is 2.28. The highest BCUT2D eigenvalue weighted by molar-refractivity contribution is 6.05. The minimum absolute atomic E-state index is 0.00159. The van der Waals surface area contributed by atoms with Gasteiger partial charge in [-0.25, -0.2) is 0 Å². The largest absolute Gasteiger partial charge is 0.504 e. The Morgan fingerprint density at radius 3 is 1.27 bits per heavy atom. The molecule has 0 atom stereocenters. The van der Waals surface area contributed by atoms with Gasteiger partial charge in [0.25, 0.3) is 41.4 Å². The molecule has 0 saturated heterocycles. The maximum atomic E-state index is 14.2. The molecule has 0 saturated carbocycles. The molecular weight excluding hydrogens is 985 g/mol. The predicted molar refractivity (Wildman–Crippen MR) is 266 cm³/mol. The maximum absolute atomic E-state index is 14.2. The second-order valence-electron chi connectivity index (χ2n) is 17.0. The van der Waals surface area contributed by atoms with Gasteiger partial charge in [-0.2, -0.15) is 0 Å². The number of ether oxygens (including phenoxy) is 2. The molecule has 0 unspecified atom stereocenters. The van der Waals surface area contributed by atoms with Crippen LogP contribution in [0.3, 0.4) is 0 Å². The predicted octanol–water partition coefficient (Wildman–Crippen LogP) is 0.922. The van der Waals surface area contributed by atoms with Gasteiger partial charge < -0.3 is 92.0 Å². The van der Waals surface area contributed by atoms with Crippen molar-refractivity contribution in [3.05, 3.63) is 93.0 Å². The van der Waals surface area contributed by atoms with Crippen molar-refractivity contribution in [3.8, 4) is 46.0 Å². The van der Waals surface area contributed by atoms with E-state index in [4.69, 9.17) is 9.47 Å². The van der Waals surface area contributed by atoms with E-state index in [1.807, 2.05) is 0 Å². The number of methoxy groups -OCH3 is 2. The first-order chi connectivity index (χ1) is 35.9. The number of amides is 7. The molecule has 7 amide bonds. The zero-order valence-corrected chi connectivity index (χ0v) is 41.3. The molecule has 25 heteroatoms. The van der Waals surface area contributed by atoms with E-state index >= 15 is 0 Å². The Morgan fingerprint density at radius 1 is 0.467 bits per heavy atom. The Kier molecular flexibility index (Phi) is 21.0. The first kappa shape index (κ1) is 57.4. The number of fused-ring (bicyclic) bond motifs is 2. The molecule has 0 fully saturated rings. The highest BCUT2D eigenvalue weighted by atomic mass is 16.5. The number of benzene rings is 4. The summed E-state index contributed by atoms with van der Waals surface area (Å²) >= 11 is 0. The zero-order valence-electron chi connectivity index (χ0n) is 41.3. The van der Waals surface area contributed by atoms with E-state index in [1.165, 1.54) is 48.3 Å². The molecule has 0 aliphatic carbocycles. The van der Waals surface area contributed by atoms with Crippen molar-refractivity contribution in [2.24, 2.45) is 0 Å². The average Bonchev–Trinajstić information content (AvgIpc) is 3.39. The standard InChI is InChI=1S/C50H62N8O17/c1-74-25-19-55-47(70)32-11-13-34(42(65)40(32)63)49(72)57-21-3-4-22-58(50(73)35-14-12-33(41(64)43(35)66)48(71)56-20-26-75-2)24-6-16-52-44(67)30-9-10-31(39(62)38(30)61)46(69)54-18-17-53-45(68)29-8-7-28(36(59)37(29)60)27-51-15-5-23-57/h7-14,51,59-66H,3-6,15-27H2,1-2H3,(H,52,67)(H,53,68)(H,54,69)(H,55,70)(H,56,71). The minimum atomic E-state index is -0.914. The van der Waals surface area contributed by atoms with Crippen LogP contribution in [-0.2, 0) is 16.0 Å². The lowest BCUT2D eigenvalue weighted by Gasteiger charge is -2.26. The van der Waals surface area contributed by atoms with E-state index in [9.17, 15) is 74.4 Å². The van der Waals surface area contributed by atoms with Gasteiger partial charge in [0.05, 0.1) is 52.2 Å². The van der Waals surface area contributed by atoms with E-state index in [0.29, 0.717) is 0 Å². The lowest BCUT2D eigenvalue weighted by Crippen LogP contribution is -2.37. The fourth-order valence-electron chi connectivity index (χ4n) is 7.79. The molecule has 0 spiro atoms. The molecule has 75 heavy (non-hydrogen) atoms. The number of carbonyl (C=O) groups excluding carboxylic acids is 7. The summed E-state index contributed by atoms with van der Waals surface area (Å²) in [7, 11) is 2.86. The van der Waals surface area contributed by atoms with E-state index in [2.05, 4.69) is 31.9 Å². The molecule has 4 bridgehead atoms. The van der Waals surface area contributed by atoms with Crippen LogP contribution in [0, 0.1) is 0 Å². The van der Waals surface area contributed by atoms with Crippen molar-refractivity contribution in [1.82, 2.24) is 41.7 Å². The van der Waals surface area contributed by atoms with Gasteiger partial charge in [-0.3, -0.25) is 33.6 Å². The zero-order chi connectivity index (χ0) is 54.8. The van der Waals surface area contributed by atoms with Crippen LogP contribution in [0.1, 0.15) is 104 Å². The fraction of sp³-hybridized carbons (Fsp3) is 0.380. The number of nitrogens with one attached hydrogen (secondary N) is 6. The molecule has 7 rings (SSSR count). The fourth-order valence-corrected chi connectivity index (χ4v) is 7.79. The maximum Gasteiger partial charge on any atom is 0.257 e. The Hall–Kier alpha value is -8.55. The number of rotatable bonds is 10. The first-order valence-corrected chi connectivity index (χ1v) is 23.8. The number of phenolic OH excluding ortho intramolecular Hbond substituents is 8. The van der Waals surface area contributed by atoms with Gasteiger partial charge in [0, 0.05) is 85.2 Å². The van der Waals surface area contributed by atoms with Gasteiger partial charge in [0.15, 0.2) is 46.0 Å². The van der Waals surface area contributed by atoms with Crippen molar-refractivity contribution in [3.63, 3.8) is 0 Å². The third-order valence-electron chi connectivity index (χ3n) is 11.9. The summed E-state index contributed by atoms with van der Waals surface area (Å²) in [5.41, 5.74) is -2.18. The van der Waals surface area contributed by atoms with Gasteiger partial charge >= 0.3 is 0 Å². The number of aromatic hydroxyl groups is 8. The molecule has 14 N–H and O–H groups in total. The summed E-state index contributed by atoms with van der Waals surface area (Å²) in [6, 6.07) is 9.55. The average molecular weight is 1050 g/mol. The Bertz CT molecular complexity index is 2750. The van der Waals surface area contributed by atoms with Gasteiger partial charge in [0.1, 0.15) is 0 Å². The lowest BCUT2D eigenvalue weighted by atomic mass is 10.1. The lowest BCUT2D eigenvalue weighted by molar-refractivity contribution is 0.0715. The summed E-state index contributed by atoms with van der Waals surface area (Å²) in [5, 5.41) is 102. The summed E-state index contributed by atoms with van der Waals surface area (Å²) in [4.78, 5) is 95.5. The van der Waals surface area contributed by atoms with Crippen molar-refractivity contribution in [2.75, 3.05) is 92.9 Å². The molecule has 0 aromatic heterocycles. The molecule has 3 aliphatic heterocycles. The Balaban J connectivity index is 1.42. The van der Waals surface area contributed by atoms with Crippen molar-refractivity contribution in [2.45, 2.75) is 32.2 Å². The normalized spacial score (nSPS) is 14.8. The van der Waals surface area contributed by atoms with Gasteiger partial charge in [-0.05, 0) is 74.7 Å². The van der Waals surface area contributed by atoms with Crippen molar-refractivity contribution >= 4 is 41.4 Å². The topological polar surface area (TPSA) is 378 Å². The van der Waals surface area contributed by atoms with Crippen molar-refractivity contribution in [1.29, 1.82) is 0 Å². The van der Waals surface area contributed by atoms with Gasteiger partial charge in [-0.15, -0.1) is 0 Å². The number of hydrogen-bond acceptors (Lipinski definition) is 18. The Labute approximate surface area is 430 Å². The molecule has 404 valence electrons. The molecule has 0 radical (unpaired) electrons. The summed E-state index contributed by atoms with van der Waals surface area (Å²) in [5.74, 6) is -12.1. The second kappa shape index (κ2) is 27.5. The number of carbonyl (C=O) groups is 7.